The number of benzene rings is 2. The average molecular weight is 294 g/mol. The minimum Gasteiger partial charge on any atom is -0.477 e. The Morgan fingerprint density at radius 1 is 1.09 bits per heavy atom. The van der Waals surface area contributed by atoms with E-state index in [4.69, 9.17) is 5.73 Å². The van der Waals surface area contributed by atoms with Crippen molar-refractivity contribution in [3.63, 3.8) is 0 Å². The number of carboxylic acid groups (broad SMARTS) is 1. The van der Waals surface area contributed by atoms with Gasteiger partial charge in [0.2, 0.25) is 5.43 Å². The first-order valence-corrected chi connectivity index (χ1v) is 6.77. The molecule has 0 bridgehead atoms. The van der Waals surface area contributed by atoms with Gasteiger partial charge in [0.25, 0.3) is 0 Å². The fourth-order valence-corrected chi connectivity index (χ4v) is 2.53. The summed E-state index contributed by atoms with van der Waals surface area (Å²) in [6.07, 6.45) is 1.37. The summed E-state index contributed by atoms with van der Waals surface area (Å²) in [4.78, 5) is 23.6. The molecule has 0 radical (unpaired) electrons. The van der Waals surface area contributed by atoms with Gasteiger partial charge < -0.3 is 15.4 Å². The first kappa shape index (κ1) is 13.9. The molecule has 0 spiro atoms. The van der Waals surface area contributed by atoms with Crippen molar-refractivity contribution >= 4 is 22.6 Å². The molecule has 5 nitrogen and oxygen atoms in total. The van der Waals surface area contributed by atoms with Crippen molar-refractivity contribution in [3.8, 4) is 0 Å². The Bertz CT molecular complexity index is 914. The molecule has 0 amide bonds. The second-order valence-electron chi connectivity index (χ2n) is 5.03. The highest BCUT2D eigenvalue weighted by Crippen LogP contribution is 2.19. The number of nitrogens with zero attached hydrogens (tertiary/aromatic N) is 1. The van der Waals surface area contributed by atoms with Crippen LogP contribution in [0.15, 0.2) is 59.5 Å². The maximum absolute atomic E-state index is 12.3. The third-order valence-corrected chi connectivity index (χ3v) is 3.57. The van der Waals surface area contributed by atoms with Crippen molar-refractivity contribution in [2.24, 2.45) is 0 Å². The van der Waals surface area contributed by atoms with Gasteiger partial charge in [0.1, 0.15) is 5.56 Å². The van der Waals surface area contributed by atoms with Crippen LogP contribution in [-0.4, -0.2) is 15.6 Å². The second-order valence-corrected chi connectivity index (χ2v) is 5.03. The van der Waals surface area contributed by atoms with E-state index in [9.17, 15) is 14.7 Å². The van der Waals surface area contributed by atoms with E-state index >= 15 is 0 Å². The predicted octanol–water partition coefficient (Wildman–Crippen LogP) is 2.33. The third kappa shape index (κ3) is 2.33. The molecule has 0 unspecified atom stereocenters. The van der Waals surface area contributed by atoms with Crippen LogP contribution in [0.5, 0.6) is 0 Å². The molecule has 0 atom stereocenters. The maximum Gasteiger partial charge on any atom is 0.341 e. The van der Waals surface area contributed by atoms with Crippen LogP contribution in [0.1, 0.15) is 15.9 Å². The fourth-order valence-electron chi connectivity index (χ4n) is 2.53. The van der Waals surface area contributed by atoms with Crippen molar-refractivity contribution in [2.45, 2.75) is 6.54 Å². The van der Waals surface area contributed by atoms with Crippen LogP contribution in [0.3, 0.4) is 0 Å². The van der Waals surface area contributed by atoms with Gasteiger partial charge in [-0.15, -0.1) is 0 Å². The number of pyridine rings is 1. The Hall–Kier alpha value is -3.08. The lowest BCUT2D eigenvalue weighted by molar-refractivity contribution is 0.0695. The normalized spacial score (nSPS) is 10.7. The summed E-state index contributed by atoms with van der Waals surface area (Å²) in [6.45, 7) is 0.460. The zero-order chi connectivity index (χ0) is 15.7. The van der Waals surface area contributed by atoms with Crippen LogP contribution in [-0.2, 0) is 6.54 Å². The molecule has 22 heavy (non-hydrogen) atoms. The molecule has 1 aromatic heterocycles. The Morgan fingerprint density at radius 2 is 1.82 bits per heavy atom. The Kier molecular flexibility index (Phi) is 3.39. The number of nitrogens with two attached hydrogens (primary N) is 1. The van der Waals surface area contributed by atoms with Gasteiger partial charge in [-0.05, 0) is 17.7 Å². The Labute approximate surface area is 126 Å². The first-order valence-electron chi connectivity index (χ1n) is 6.77. The standard InChI is InChI=1S/C17H14N2O3/c18-13-7-4-8-14-15(13)16(20)12(17(21)22)10-19(14)9-11-5-2-1-3-6-11/h1-8,10H,9,18H2,(H,21,22). The van der Waals surface area contributed by atoms with Gasteiger partial charge >= 0.3 is 5.97 Å². The molecule has 3 aromatic rings. The molecule has 110 valence electrons. The zero-order valence-electron chi connectivity index (χ0n) is 11.7. The van der Waals surface area contributed by atoms with Crippen LogP contribution < -0.4 is 11.2 Å². The molecule has 3 N–H and O–H groups in total. The lowest BCUT2D eigenvalue weighted by Crippen LogP contribution is -2.20. The largest absolute Gasteiger partial charge is 0.477 e. The number of nitrogen functional groups attached to an aromatic ring is 1. The number of aromatic carboxylic acids is 1. The molecule has 0 saturated carbocycles. The molecule has 0 aliphatic heterocycles. The Balaban J connectivity index is 2.29. The van der Waals surface area contributed by atoms with Gasteiger partial charge in [-0.2, -0.15) is 0 Å². The van der Waals surface area contributed by atoms with E-state index in [1.54, 1.807) is 22.8 Å². The third-order valence-electron chi connectivity index (χ3n) is 3.57. The van der Waals surface area contributed by atoms with Crippen LogP contribution in [0, 0.1) is 0 Å². The van der Waals surface area contributed by atoms with Crippen molar-refractivity contribution in [3.05, 3.63) is 76.1 Å². The maximum atomic E-state index is 12.3. The molecule has 2 aromatic carbocycles. The number of rotatable bonds is 3. The van der Waals surface area contributed by atoms with Crippen molar-refractivity contribution in [2.75, 3.05) is 5.73 Å². The van der Waals surface area contributed by atoms with Crippen LogP contribution in [0.4, 0.5) is 5.69 Å². The molecule has 0 aliphatic rings. The molecule has 0 fully saturated rings. The number of carbonyl (C=O) groups is 1. The van der Waals surface area contributed by atoms with Gasteiger partial charge in [0.05, 0.1) is 10.9 Å². The van der Waals surface area contributed by atoms with Crippen LogP contribution in [0.25, 0.3) is 10.9 Å². The van der Waals surface area contributed by atoms with Crippen LogP contribution >= 0.6 is 0 Å². The summed E-state index contributed by atoms with van der Waals surface area (Å²) in [6, 6.07) is 14.7. The van der Waals surface area contributed by atoms with E-state index in [2.05, 4.69) is 0 Å². The summed E-state index contributed by atoms with van der Waals surface area (Å²) >= 11 is 0. The van der Waals surface area contributed by atoms with Gasteiger partial charge in [-0.25, -0.2) is 4.79 Å². The quantitative estimate of drug-likeness (QED) is 0.726. The first-order chi connectivity index (χ1) is 10.6. The molecular weight excluding hydrogens is 280 g/mol. The van der Waals surface area contributed by atoms with E-state index in [0.29, 0.717) is 12.1 Å². The van der Waals surface area contributed by atoms with E-state index in [1.807, 2.05) is 30.3 Å². The molecule has 1 heterocycles. The smallest absolute Gasteiger partial charge is 0.341 e. The topological polar surface area (TPSA) is 85.3 Å². The number of hydrogen-bond acceptors (Lipinski definition) is 3. The van der Waals surface area contributed by atoms with E-state index < -0.39 is 11.4 Å². The number of carboxylic acids is 1. The minimum absolute atomic E-state index is 0.248. The summed E-state index contributed by atoms with van der Waals surface area (Å²) in [5, 5.41) is 9.50. The lowest BCUT2D eigenvalue weighted by atomic mass is 10.1. The SMILES string of the molecule is Nc1cccc2c1c(=O)c(C(=O)O)cn2Cc1ccccc1. The van der Waals surface area contributed by atoms with Crippen LogP contribution in [0.2, 0.25) is 0 Å². The van der Waals surface area contributed by atoms with Gasteiger partial charge in [0, 0.05) is 18.4 Å². The number of hydrogen-bond donors (Lipinski definition) is 2. The highest BCUT2D eigenvalue weighted by molar-refractivity contribution is 5.97. The number of anilines is 1. The highest BCUT2D eigenvalue weighted by atomic mass is 16.4. The van der Waals surface area contributed by atoms with E-state index in [1.165, 1.54) is 6.20 Å². The van der Waals surface area contributed by atoms with Crippen molar-refractivity contribution < 1.29 is 9.90 Å². The monoisotopic (exact) mass is 294 g/mol. The Morgan fingerprint density at radius 3 is 2.50 bits per heavy atom. The fraction of sp³-hybridized carbons (Fsp3) is 0.0588. The predicted molar refractivity (Wildman–Crippen MR) is 85.1 cm³/mol. The summed E-state index contributed by atoms with van der Waals surface area (Å²) in [5.41, 5.74) is 6.97. The van der Waals surface area contributed by atoms with E-state index in [0.717, 1.165) is 5.56 Å². The molecular formula is C17H14N2O3. The highest BCUT2D eigenvalue weighted by Gasteiger charge is 2.16. The molecule has 0 saturated heterocycles. The summed E-state index contributed by atoms with van der Waals surface area (Å²) in [5.74, 6) is -1.25. The molecule has 0 aliphatic carbocycles. The van der Waals surface area contributed by atoms with Gasteiger partial charge in [-0.1, -0.05) is 36.4 Å². The average Bonchev–Trinajstić information content (AvgIpc) is 2.50. The summed E-state index contributed by atoms with van der Waals surface area (Å²) < 4.78 is 1.74. The van der Waals surface area contributed by atoms with Gasteiger partial charge in [-0.3, -0.25) is 4.79 Å². The minimum atomic E-state index is -1.25. The van der Waals surface area contributed by atoms with Crippen molar-refractivity contribution in [1.82, 2.24) is 4.57 Å². The number of aromatic nitrogens is 1. The van der Waals surface area contributed by atoms with Gasteiger partial charge in [0.15, 0.2) is 0 Å². The molecule has 3 rings (SSSR count). The number of fused-ring (bicyclic) bond motifs is 1. The zero-order valence-corrected chi connectivity index (χ0v) is 11.7. The second kappa shape index (κ2) is 5.37. The van der Waals surface area contributed by atoms with Crippen molar-refractivity contribution in [1.29, 1.82) is 0 Å². The molecule has 5 heteroatoms. The lowest BCUT2D eigenvalue weighted by Gasteiger charge is -2.13. The van der Waals surface area contributed by atoms with E-state index in [-0.39, 0.29) is 16.6 Å². The summed E-state index contributed by atoms with van der Waals surface area (Å²) in [7, 11) is 0.